The molecule has 1 unspecified atom stereocenters. The van der Waals surface area contributed by atoms with Crippen molar-refractivity contribution < 1.29 is 33.4 Å². The van der Waals surface area contributed by atoms with E-state index in [9.17, 15) is 24.0 Å². The molecule has 1 aromatic carbocycles. The summed E-state index contributed by atoms with van der Waals surface area (Å²) in [7, 11) is 0. The molecule has 1 saturated heterocycles. The SMILES string of the molecule is CC(C)(C)OC(=O)N(CCCN=[N+]=[N-])CCOCC(=O)Nc1ccc2c(c1)CN(C1CCC(=O)NC1=O)C2=O. The zero-order valence-corrected chi connectivity index (χ0v) is 22.3. The second kappa shape index (κ2) is 13.1. The molecule has 1 atom stereocenters. The molecule has 14 heteroatoms. The summed E-state index contributed by atoms with van der Waals surface area (Å²) in [6.45, 7) is 5.98. The molecular formula is C25H33N7O7. The number of ether oxygens (including phenoxy) is 2. The number of piperidine rings is 1. The van der Waals surface area contributed by atoms with Crippen LogP contribution in [0.15, 0.2) is 23.3 Å². The maximum Gasteiger partial charge on any atom is 0.410 e. The highest BCUT2D eigenvalue weighted by molar-refractivity contribution is 6.05. The monoisotopic (exact) mass is 543 g/mol. The van der Waals surface area contributed by atoms with Crippen LogP contribution in [0.5, 0.6) is 0 Å². The number of nitrogens with zero attached hydrogens (tertiary/aromatic N) is 5. The lowest BCUT2D eigenvalue weighted by Gasteiger charge is -2.29. The topological polar surface area (TPSA) is 183 Å². The van der Waals surface area contributed by atoms with Crippen molar-refractivity contribution in [1.29, 1.82) is 0 Å². The molecule has 1 aromatic rings. The van der Waals surface area contributed by atoms with Gasteiger partial charge in [-0.3, -0.25) is 24.5 Å². The minimum atomic E-state index is -0.714. The van der Waals surface area contributed by atoms with Crippen molar-refractivity contribution in [3.8, 4) is 0 Å². The molecular weight excluding hydrogens is 510 g/mol. The van der Waals surface area contributed by atoms with Crippen molar-refractivity contribution in [2.75, 3.05) is 38.2 Å². The van der Waals surface area contributed by atoms with E-state index in [1.165, 1.54) is 9.80 Å². The maximum atomic E-state index is 12.8. The Morgan fingerprint density at radius 3 is 2.72 bits per heavy atom. The van der Waals surface area contributed by atoms with Gasteiger partial charge >= 0.3 is 6.09 Å². The number of azide groups is 1. The number of carbonyl (C=O) groups is 5. The standard InChI is InChI=1S/C25H33N7O7/c1-25(2,3)39-24(37)31(10-4-9-27-30-26)11-12-38-15-21(34)28-17-5-6-18-16(13-17)14-32(23(18)36)19-7-8-20(33)29-22(19)35/h5-6,13,19H,4,7-12,14-15H2,1-3H3,(H,28,34)(H,29,33,35). The number of fused-ring (bicyclic) bond motifs is 1. The Labute approximate surface area is 225 Å². The van der Waals surface area contributed by atoms with Gasteiger partial charge in [0, 0.05) is 48.8 Å². The molecule has 0 spiro atoms. The summed E-state index contributed by atoms with van der Waals surface area (Å²) in [6.07, 6.45) is 0.356. The summed E-state index contributed by atoms with van der Waals surface area (Å²) < 4.78 is 10.9. The smallest absolute Gasteiger partial charge is 0.410 e. The lowest BCUT2D eigenvalue weighted by molar-refractivity contribution is -0.137. The second-order valence-electron chi connectivity index (χ2n) is 10.1. The van der Waals surface area contributed by atoms with Gasteiger partial charge in [0.2, 0.25) is 17.7 Å². The molecule has 14 nitrogen and oxygen atoms in total. The molecule has 2 aliphatic rings. The van der Waals surface area contributed by atoms with Crippen LogP contribution in [0.2, 0.25) is 0 Å². The largest absolute Gasteiger partial charge is 0.444 e. The Kier molecular flexibility index (Phi) is 9.85. The highest BCUT2D eigenvalue weighted by atomic mass is 16.6. The van der Waals surface area contributed by atoms with Gasteiger partial charge < -0.3 is 24.6 Å². The average molecular weight is 544 g/mol. The minimum absolute atomic E-state index is 0.0772. The van der Waals surface area contributed by atoms with Gasteiger partial charge in [0.1, 0.15) is 18.2 Å². The van der Waals surface area contributed by atoms with E-state index >= 15 is 0 Å². The van der Waals surface area contributed by atoms with E-state index in [0.29, 0.717) is 29.8 Å². The van der Waals surface area contributed by atoms with E-state index in [4.69, 9.17) is 15.0 Å². The van der Waals surface area contributed by atoms with Crippen LogP contribution in [-0.4, -0.2) is 84.0 Å². The van der Waals surface area contributed by atoms with Gasteiger partial charge in [-0.1, -0.05) is 5.11 Å². The molecule has 5 amide bonds. The molecule has 0 saturated carbocycles. The number of benzene rings is 1. The molecule has 2 heterocycles. The molecule has 0 aliphatic carbocycles. The predicted molar refractivity (Wildman–Crippen MR) is 138 cm³/mol. The number of rotatable bonds is 11. The number of amides is 5. The fourth-order valence-electron chi connectivity index (χ4n) is 4.19. The van der Waals surface area contributed by atoms with E-state index in [-0.39, 0.29) is 57.5 Å². The first-order valence-electron chi connectivity index (χ1n) is 12.6. The van der Waals surface area contributed by atoms with Gasteiger partial charge in [0.15, 0.2) is 0 Å². The average Bonchev–Trinajstić information content (AvgIpc) is 3.17. The molecule has 0 radical (unpaired) electrons. The van der Waals surface area contributed by atoms with Crippen LogP contribution < -0.4 is 10.6 Å². The lowest BCUT2D eigenvalue weighted by atomic mass is 10.0. The van der Waals surface area contributed by atoms with Crippen molar-refractivity contribution in [2.24, 2.45) is 5.11 Å². The molecule has 210 valence electrons. The molecule has 39 heavy (non-hydrogen) atoms. The van der Waals surface area contributed by atoms with Gasteiger partial charge in [0.05, 0.1) is 6.61 Å². The lowest BCUT2D eigenvalue weighted by Crippen LogP contribution is -2.52. The summed E-state index contributed by atoms with van der Waals surface area (Å²) in [5.41, 5.74) is 9.31. The van der Waals surface area contributed by atoms with Crippen molar-refractivity contribution in [3.63, 3.8) is 0 Å². The van der Waals surface area contributed by atoms with Crippen molar-refractivity contribution in [2.45, 2.75) is 58.2 Å². The maximum absolute atomic E-state index is 12.8. The summed E-state index contributed by atoms with van der Waals surface area (Å²) in [4.78, 5) is 66.9. The zero-order chi connectivity index (χ0) is 28.6. The molecule has 3 rings (SSSR count). The van der Waals surface area contributed by atoms with Crippen LogP contribution >= 0.6 is 0 Å². The summed E-state index contributed by atoms with van der Waals surface area (Å²) in [5, 5.41) is 8.44. The summed E-state index contributed by atoms with van der Waals surface area (Å²) in [6, 6.07) is 4.14. The molecule has 1 fully saturated rings. The number of hydrogen-bond acceptors (Lipinski definition) is 8. The number of nitrogens with one attached hydrogen (secondary N) is 2. The normalized spacial score (nSPS) is 16.7. The highest BCUT2D eigenvalue weighted by Crippen LogP contribution is 2.29. The Bertz CT molecular complexity index is 1170. The van der Waals surface area contributed by atoms with Gasteiger partial charge in [-0.05, 0) is 62.9 Å². The number of hydrogen-bond donors (Lipinski definition) is 2. The molecule has 2 aliphatic heterocycles. The van der Waals surface area contributed by atoms with E-state index in [0.717, 1.165) is 0 Å². The van der Waals surface area contributed by atoms with Crippen LogP contribution in [0.1, 0.15) is 56.0 Å². The first-order chi connectivity index (χ1) is 18.5. The number of carbonyl (C=O) groups excluding carboxylic acids is 5. The quantitative estimate of drug-likeness (QED) is 0.141. The van der Waals surface area contributed by atoms with E-state index < -0.39 is 29.6 Å². The minimum Gasteiger partial charge on any atom is -0.444 e. The Hall–Kier alpha value is -4.16. The first kappa shape index (κ1) is 29.4. The van der Waals surface area contributed by atoms with E-state index in [1.807, 2.05) is 0 Å². The van der Waals surface area contributed by atoms with E-state index in [2.05, 4.69) is 20.7 Å². The van der Waals surface area contributed by atoms with Gasteiger partial charge in [0.25, 0.3) is 5.91 Å². The Morgan fingerprint density at radius 2 is 2.03 bits per heavy atom. The predicted octanol–water partition coefficient (Wildman–Crippen LogP) is 2.34. The van der Waals surface area contributed by atoms with Crippen molar-refractivity contribution in [3.05, 3.63) is 39.8 Å². The molecule has 0 aromatic heterocycles. The van der Waals surface area contributed by atoms with Crippen molar-refractivity contribution >= 4 is 35.4 Å². The van der Waals surface area contributed by atoms with Crippen LogP contribution in [0.4, 0.5) is 10.5 Å². The third-order valence-electron chi connectivity index (χ3n) is 5.95. The van der Waals surface area contributed by atoms with Crippen LogP contribution in [-0.2, 0) is 30.4 Å². The fourth-order valence-corrected chi connectivity index (χ4v) is 4.19. The number of imide groups is 1. The number of anilines is 1. The zero-order valence-electron chi connectivity index (χ0n) is 22.3. The van der Waals surface area contributed by atoms with Crippen molar-refractivity contribution in [1.82, 2.24) is 15.1 Å². The third-order valence-corrected chi connectivity index (χ3v) is 5.95. The molecule has 2 N–H and O–H groups in total. The van der Waals surface area contributed by atoms with Crippen LogP contribution in [0, 0.1) is 0 Å². The van der Waals surface area contributed by atoms with Gasteiger partial charge in [-0.2, -0.15) is 0 Å². The second-order valence-corrected chi connectivity index (χ2v) is 10.1. The van der Waals surface area contributed by atoms with Crippen LogP contribution in [0.25, 0.3) is 10.4 Å². The fraction of sp³-hybridized carbons (Fsp3) is 0.560. The van der Waals surface area contributed by atoms with Gasteiger partial charge in [-0.15, -0.1) is 0 Å². The molecule has 0 bridgehead atoms. The van der Waals surface area contributed by atoms with Crippen LogP contribution in [0.3, 0.4) is 0 Å². The Balaban J connectivity index is 1.48. The van der Waals surface area contributed by atoms with E-state index in [1.54, 1.807) is 39.0 Å². The Morgan fingerprint density at radius 1 is 1.26 bits per heavy atom. The first-order valence-corrected chi connectivity index (χ1v) is 12.6. The summed E-state index contributed by atoms with van der Waals surface area (Å²) in [5.74, 6) is -1.56. The third kappa shape index (κ3) is 8.42. The highest BCUT2D eigenvalue weighted by Gasteiger charge is 2.39. The van der Waals surface area contributed by atoms with Gasteiger partial charge in [-0.25, -0.2) is 4.79 Å². The summed E-state index contributed by atoms with van der Waals surface area (Å²) >= 11 is 0.